The molecule has 1 saturated carbocycles. The second-order valence-electron chi connectivity index (χ2n) is 3.68. The van der Waals surface area contributed by atoms with E-state index in [1.54, 1.807) is 0 Å². The molecule has 0 spiro atoms. The molecule has 0 unspecified atom stereocenters. The van der Waals surface area contributed by atoms with Gasteiger partial charge in [0.25, 0.3) is 0 Å². The SMILES string of the molecule is Cn1ncc(C(F)(F)F)c1C1(N)CC1. The fourth-order valence-electron chi connectivity index (χ4n) is 1.61. The van der Waals surface area contributed by atoms with Crippen molar-refractivity contribution >= 4 is 0 Å². The first-order chi connectivity index (χ1) is 6.34. The molecule has 0 aromatic carbocycles. The van der Waals surface area contributed by atoms with Crippen LogP contribution < -0.4 is 5.73 Å². The van der Waals surface area contributed by atoms with Gasteiger partial charge in [0.15, 0.2) is 0 Å². The Kier molecular flexibility index (Phi) is 1.70. The van der Waals surface area contributed by atoms with Crippen molar-refractivity contribution in [1.82, 2.24) is 9.78 Å². The monoisotopic (exact) mass is 205 g/mol. The maximum Gasteiger partial charge on any atom is 0.419 e. The number of halogens is 3. The van der Waals surface area contributed by atoms with Crippen LogP contribution in [0, 0.1) is 0 Å². The molecule has 3 nitrogen and oxygen atoms in total. The van der Waals surface area contributed by atoms with E-state index < -0.39 is 17.3 Å². The number of alkyl halides is 3. The summed E-state index contributed by atoms with van der Waals surface area (Å²) in [7, 11) is 1.48. The van der Waals surface area contributed by atoms with Gasteiger partial charge in [0.1, 0.15) is 0 Å². The highest BCUT2D eigenvalue weighted by Gasteiger charge is 2.49. The molecule has 1 aliphatic rings. The van der Waals surface area contributed by atoms with Crippen LogP contribution in [-0.2, 0) is 18.8 Å². The fourth-order valence-corrected chi connectivity index (χ4v) is 1.61. The average Bonchev–Trinajstić information content (AvgIpc) is 2.60. The van der Waals surface area contributed by atoms with Crippen LogP contribution in [0.3, 0.4) is 0 Å². The summed E-state index contributed by atoms with van der Waals surface area (Å²) < 4.78 is 38.8. The summed E-state index contributed by atoms with van der Waals surface area (Å²) in [5, 5.41) is 3.61. The largest absolute Gasteiger partial charge is 0.419 e. The van der Waals surface area contributed by atoms with Crippen LogP contribution in [-0.4, -0.2) is 9.78 Å². The molecule has 2 N–H and O–H groups in total. The smallest absolute Gasteiger partial charge is 0.320 e. The van der Waals surface area contributed by atoms with Gasteiger partial charge < -0.3 is 5.73 Å². The number of hydrogen-bond donors (Lipinski definition) is 1. The molecule has 0 amide bonds. The van der Waals surface area contributed by atoms with Crippen LogP contribution in [0.2, 0.25) is 0 Å². The second kappa shape index (κ2) is 2.50. The highest BCUT2D eigenvalue weighted by molar-refractivity contribution is 5.32. The highest BCUT2D eigenvalue weighted by atomic mass is 19.4. The van der Waals surface area contributed by atoms with Gasteiger partial charge >= 0.3 is 6.18 Å². The minimum absolute atomic E-state index is 0.102. The Morgan fingerprint density at radius 3 is 2.50 bits per heavy atom. The lowest BCUT2D eigenvalue weighted by Crippen LogP contribution is -2.26. The lowest BCUT2D eigenvalue weighted by atomic mass is 10.1. The molecule has 0 saturated heterocycles. The van der Waals surface area contributed by atoms with Crippen molar-refractivity contribution in [2.75, 3.05) is 0 Å². The molecule has 14 heavy (non-hydrogen) atoms. The van der Waals surface area contributed by atoms with Crippen molar-refractivity contribution in [3.05, 3.63) is 17.5 Å². The van der Waals surface area contributed by atoms with Crippen LogP contribution in [0.1, 0.15) is 24.1 Å². The predicted molar refractivity (Wildman–Crippen MR) is 43.3 cm³/mol. The molecule has 78 valence electrons. The van der Waals surface area contributed by atoms with E-state index in [1.807, 2.05) is 0 Å². The molecule has 6 heteroatoms. The number of nitrogens with two attached hydrogens (primary N) is 1. The van der Waals surface area contributed by atoms with Gasteiger partial charge in [0, 0.05) is 7.05 Å². The van der Waals surface area contributed by atoms with Crippen molar-refractivity contribution in [3.63, 3.8) is 0 Å². The van der Waals surface area contributed by atoms with Crippen molar-refractivity contribution in [1.29, 1.82) is 0 Å². The molecule has 0 radical (unpaired) electrons. The summed E-state index contributed by atoms with van der Waals surface area (Å²) in [5.41, 5.74) is 4.33. The Bertz CT molecular complexity index is 362. The Morgan fingerprint density at radius 2 is 2.07 bits per heavy atom. The first-order valence-corrected chi connectivity index (χ1v) is 4.23. The fraction of sp³-hybridized carbons (Fsp3) is 0.625. The number of hydrogen-bond acceptors (Lipinski definition) is 2. The van der Waals surface area contributed by atoms with Crippen molar-refractivity contribution in [2.45, 2.75) is 24.6 Å². The van der Waals surface area contributed by atoms with E-state index in [0.717, 1.165) is 6.20 Å². The van der Waals surface area contributed by atoms with E-state index in [2.05, 4.69) is 5.10 Å². The zero-order valence-corrected chi connectivity index (χ0v) is 7.60. The summed E-state index contributed by atoms with van der Waals surface area (Å²) in [6.45, 7) is 0. The van der Waals surface area contributed by atoms with Gasteiger partial charge in [-0.3, -0.25) is 4.68 Å². The van der Waals surface area contributed by atoms with Gasteiger partial charge in [-0.05, 0) is 12.8 Å². The summed E-state index contributed by atoms with van der Waals surface area (Å²) >= 11 is 0. The number of aromatic nitrogens is 2. The minimum atomic E-state index is -4.36. The van der Waals surface area contributed by atoms with Gasteiger partial charge in [0.2, 0.25) is 0 Å². The lowest BCUT2D eigenvalue weighted by molar-refractivity contribution is -0.138. The summed E-state index contributed by atoms with van der Waals surface area (Å²) in [5.74, 6) is 0. The average molecular weight is 205 g/mol. The van der Waals surface area contributed by atoms with E-state index in [1.165, 1.54) is 11.7 Å². The summed E-state index contributed by atoms with van der Waals surface area (Å²) in [6.07, 6.45) is -2.34. The first kappa shape index (κ1) is 9.51. The van der Waals surface area contributed by atoms with E-state index in [9.17, 15) is 13.2 Å². The predicted octanol–water partition coefficient (Wildman–Crippen LogP) is 1.39. The second-order valence-corrected chi connectivity index (χ2v) is 3.68. The third-order valence-corrected chi connectivity index (χ3v) is 2.50. The highest BCUT2D eigenvalue weighted by Crippen LogP contribution is 2.47. The van der Waals surface area contributed by atoms with Gasteiger partial charge in [-0.15, -0.1) is 0 Å². The summed E-state index contributed by atoms with van der Waals surface area (Å²) in [4.78, 5) is 0. The molecule has 1 heterocycles. The van der Waals surface area contributed by atoms with Gasteiger partial charge in [-0.1, -0.05) is 0 Å². The minimum Gasteiger partial charge on any atom is -0.320 e. The van der Waals surface area contributed by atoms with E-state index in [0.29, 0.717) is 12.8 Å². The Labute approximate surface area is 78.7 Å². The molecule has 0 aliphatic heterocycles. The van der Waals surface area contributed by atoms with Crippen molar-refractivity contribution in [2.24, 2.45) is 12.8 Å². The Balaban J connectivity index is 2.52. The maximum absolute atomic E-state index is 12.5. The molecule has 0 atom stereocenters. The standard InChI is InChI=1S/C8H10F3N3/c1-14-6(7(12)2-3-7)5(4-13-14)8(9,10)11/h4H,2-3,12H2,1H3. The molecular weight excluding hydrogens is 195 g/mol. The first-order valence-electron chi connectivity index (χ1n) is 4.23. The van der Waals surface area contributed by atoms with Gasteiger partial charge in [-0.25, -0.2) is 0 Å². The van der Waals surface area contributed by atoms with Gasteiger partial charge in [-0.2, -0.15) is 18.3 Å². The molecule has 0 bridgehead atoms. The van der Waals surface area contributed by atoms with Crippen molar-refractivity contribution < 1.29 is 13.2 Å². The van der Waals surface area contributed by atoms with E-state index >= 15 is 0 Å². The molecular formula is C8H10F3N3. The molecule has 1 aromatic rings. The van der Waals surface area contributed by atoms with Crippen LogP contribution in [0.5, 0.6) is 0 Å². The number of nitrogens with zero attached hydrogens (tertiary/aromatic N) is 2. The van der Waals surface area contributed by atoms with Crippen LogP contribution in [0.15, 0.2) is 6.20 Å². The Hall–Kier alpha value is -1.04. The van der Waals surface area contributed by atoms with Crippen LogP contribution >= 0.6 is 0 Å². The third-order valence-electron chi connectivity index (χ3n) is 2.50. The van der Waals surface area contributed by atoms with E-state index in [-0.39, 0.29) is 5.69 Å². The summed E-state index contributed by atoms with van der Waals surface area (Å²) in [6, 6.07) is 0. The quantitative estimate of drug-likeness (QED) is 0.752. The molecule has 2 rings (SSSR count). The number of aryl methyl sites for hydroxylation is 1. The van der Waals surface area contributed by atoms with Crippen LogP contribution in [0.25, 0.3) is 0 Å². The van der Waals surface area contributed by atoms with Gasteiger partial charge in [0.05, 0.1) is 23.0 Å². The maximum atomic E-state index is 12.5. The normalized spacial score (nSPS) is 19.8. The van der Waals surface area contributed by atoms with Crippen LogP contribution in [0.4, 0.5) is 13.2 Å². The molecule has 1 aliphatic carbocycles. The number of rotatable bonds is 1. The zero-order valence-electron chi connectivity index (χ0n) is 7.60. The molecule has 1 fully saturated rings. The Morgan fingerprint density at radius 1 is 1.50 bits per heavy atom. The lowest BCUT2D eigenvalue weighted by Gasteiger charge is -2.14. The van der Waals surface area contributed by atoms with Crippen molar-refractivity contribution in [3.8, 4) is 0 Å². The molecule has 1 aromatic heterocycles. The van der Waals surface area contributed by atoms with E-state index in [4.69, 9.17) is 5.73 Å². The third kappa shape index (κ3) is 1.30. The topological polar surface area (TPSA) is 43.8 Å². The zero-order chi connectivity index (χ0) is 10.6.